The lowest BCUT2D eigenvalue weighted by atomic mass is 10.0. The molecule has 16 heavy (non-hydrogen) atoms. The standard InChI is InChI=1S/C14H18N2/c1-14(2)8-13(14)16-10-12(9-15)11-6-4-3-5-7-11/h3-7,12-13,16H,8,10H2,1-2H3. The van der Waals surface area contributed by atoms with E-state index in [4.69, 9.17) is 5.26 Å². The first kappa shape index (κ1) is 11.2. The second kappa shape index (κ2) is 4.27. The van der Waals surface area contributed by atoms with Gasteiger partial charge in [-0.15, -0.1) is 0 Å². The second-order valence-electron chi connectivity index (χ2n) is 5.25. The Morgan fingerprint density at radius 3 is 2.56 bits per heavy atom. The van der Waals surface area contributed by atoms with Crippen LogP contribution in [0, 0.1) is 16.7 Å². The SMILES string of the molecule is CC1(C)CC1NCC(C#N)c1ccccc1. The second-order valence-corrected chi connectivity index (χ2v) is 5.25. The van der Waals surface area contributed by atoms with Crippen molar-refractivity contribution in [1.82, 2.24) is 5.32 Å². The van der Waals surface area contributed by atoms with Gasteiger partial charge in [0.05, 0.1) is 12.0 Å². The Balaban J connectivity index is 1.91. The van der Waals surface area contributed by atoms with Gasteiger partial charge in [0.2, 0.25) is 0 Å². The van der Waals surface area contributed by atoms with E-state index in [0.717, 1.165) is 12.1 Å². The molecule has 0 spiro atoms. The monoisotopic (exact) mass is 214 g/mol. The van der Waals surface area contributed by atoms with Crippen LogP contribution in [0.15, 0.2) is 30.3 Å². The fraction of sp³-hybridized carbons (Fsp3) is 0.500. The summed E-state index contributed by atoms with van der Waals surface area (Å²) in [6, 6.07) is 13.0. The van der Waals surface area contributed by atoms with Gasteiger partial charge in [-0.2, -0.15) is 5.26 Å². The highest BCUT2D eigenvalue weighted by Gasteiger charge is 2.45. The Hall–Kier alpha value is -1.33. The molecule has 1 aromatic rings. The summed E-state index contributed by atoms with van der Waals surface area (Å²) in [5.41, 5.74) is 1.53. The van der Waals surface area contributed by atoms with Crippen LogP contribution in [0.25, 0.3) is 0 Å². The Morgan fingerprint density at radius 1 is 1.44 bits per heavy atom. The molecule has 0 radical (unpaired) electrons. The average Bonchev–Trinajstić information content (AvgIpc) is 2.89. The molecular weight excluding hydrogens is 196 g/mol. The fourth-order valence-electron chi connectivity index (χ4n) is 2.00. The van der Waals surface area contributed by atoms with Crippen molar-refractivity contribution in [2.24, 2.45) is 5.41 Å². The predicted octanol–water partition coefficient (Wildman–Crippen LogP) is 2.68. The van der Waals surface area contributed by atoms with Crippen LogP contribution in [-0.4, -0.2) is 12.6 Å². The third-order valence-corrected chi connectivity index (χ3v) is 3.44. The summed E-state index contributed by atoms with van der Waals surface area (Å²) in [5.74, 6) is -0.0300. The lowest BCUT2D eigenvalue weighted by Crippen LogP contribution is -2.25. The highest BCUT2D eigenvalue weighted by atomic mass is 15.0. The van der Waals surface area contributed by atoms with Crippen molar-refractivity contribution in [1.29, 1.82) is 5.26 Å². The first-order valence-electron chi connectivity index (χ1n) is 5.81. The number of hydrogen-bond acceptors (Lipinski definition) is 2. The van der Waals surface area contributed by atoms with Crippen molar-refractivity contribution in [3.05, 3.63) is 35.9 Å². The minimum absolute atomic E-state index is 0.0300. The predicted molar refractivity (Wildman–Crippen MR) is 65.0 cm³/mol. The van der Waals surface area contributed by atoms with Crippen molar-refractivity contribution < 1.29 is 0 Å². The molecule has 1 aliphatic carbocycles. The quantitative estimate of drug-likeness (QED) is 0.836. The molecule has 2 nitrogen and oxygen atoms in total. The van der Waals surface area contributed by atoms with E-state index in [9.17, 15) is 0 Å². The zero-order chi connectivity index (χ0) is 11.6. The van der Waals surface area contributed by atoms with Crippen molar-refractivity contribution in [2.75, 3.05) is 6.54 Å². The molecule has 1 aliphatic rings. The van der Waals surface area contributed by atoms with Gasteiger partial charge in [-0.05, 0) is 17.4 Å². The largest absolute Gasteiger partial charge is 0.312 e. The van der Waals surface area contributed by atoms with Crippen molar-refractivity contribution in [2.45, 2.75) is 32.2 Å². The van der Waals surface area contributed by atoms with Gasteiger partial charge in [0.15, 0.2) is 0 Å². The number of benzene rings is 1. The fourth-order valence-corrected chi connectivity index (χ4v) is 2.00. The minimum atomic E-state index is -0.0300. The molecule has 1 N–H and O–H groups in total. The van der Waals surface area contributed by atoms with Crippen molar-refractivity contribution in [3.8, 4) is 6.07 Å². The van der Waals surface area contributed by atoms with E-state index in [1.165, 1.54) is 6.42 Å². The van der Waals surface area contributed by atoms with Crippen LogP contribution in [0.2, 0.25) is 0 Å². The molecule has 0 bridgehead atoms. The molecule has 0 saturated heterocycles. The van der Waals surface area contributed by atoms with Gasteiger partial charge in [-0.1, -0.05) is 44.2 Å². The molecule has 1 aromatic carbocycles. The van der Waals surface area contributed by atoms with Gasteiger partial charge in [0, 0.05) is 12.6 Å². The minimum Gasteiger partial charge on any atom is -0.312 e. The molecule has 84 valence electrons. The van der Waals surface area contributed by atoms with E-state index in [2.05, 4.69) is 25.2 Å². The Bertz CT molecular complexity index is 389. The van der Waals surface area contributed by atoms with Crippen molar-refractivity contribution in [3.63, 3.8) is 0 Å². The maximum atomic E-state index is 9.15. The highest BCUT2D eigenvalue weighted by Crippen LogP contribution is 2.44. The average molecular weight is 214 g/mol. The third kappa shape index (κ3) is 2.43. The molecule has 2 heteroatoms. The van der Waals surface area contributed by atoms with Gasteiger partial charge < -0.3 is 5.32 Å². The first-order valence-corrected chi connectivity index (χ1v) is 5.81. The van der Waals surface area contributed by atoms with Crippen LogP contribution >= 0.6 is 0 Å². The molecule has 1 saturated carbocycles. The topological polar surface area (TPSA) is 35.8 Å². The molecule has 0 aromatic heterocycles. The molecular formula is C14H18N2. The van der Waals surface area contributed by atoms with Crippen LogP contribution in [0.4, 0.5) is 0 Å². The normalized spacial score (nSPS) is 23.4. The Morgan fingerprint density at radius 2 is 2.06 bits per heavy atom. The van der Waals surface area contributed by atoms with Gasteiger partial charge in [-0.25, -0.2) is 0 Å². The van der Waals surface area contributed by atoms with Crippen LogP contribution in [0.5, 0.6) is 0 Å². The molecule has 2 unspecified atom stereocenters. The molecule has 2 rings (SSSR count). The van der Waals surface area contributed by atoms with E-state index >= 15 is 0 Å². The van der Waals surface area contributed by atoms with E-state index in [1.54, 1.807) is 0 Å². The maximum Gasteiger partial charge on any atom is 0.0837 e. The van der Waals surface area contributed by atoms with Crippen LogP contribution in [-0.2, 0) is 0 Å². The summed E-state index contributed by atoms with van der Waals surface area (Å²) in [7, 11) is 0. The summed E-state index contributed by atoms with van der Waals surface area (Å²) in [5, 5.41) is 12.6. The summed E-state index contributed by atoms with van der Waals surface area (Å²) in [4.78, 5) is 0. The zero-order valence-corrected chi connectivity index (χ0v) is 9.90. The summed E-state index contributed by atoms with van der Waals surface area (Å²) in [6.07, 6.45) is 1.22. The van der Waals surface area contributed by atoms with E-state index in [0.29, 0.717) is 11.5 Å². The van der Waals surface area contributed by atoms with Crippen LogP contribution in [0.3, 0.4) is 0 Å². The molecule has 1 fully saturated rings. The van der Waals surface area contributed by atoms with Crippen LogP contribution < -0.4 is 5.32 Å². The van der Waals surface area contributed by atoms with Crippen LogP contribution in [0.1, 0.15) is 31.7 Å². The number of nitriles is 1. The third-order valence-electron chi connectivity index (χ3n) is 3.44. The highest BCUT2D eigenvalue weighted by molar-refractivity contribution is 5.25. The number of hydrogen-bond donors (Lipinski definition) is 1. The van der Waals surface area contributed by atoms with E-state index in [1.807, 2.05) is 30.3 Å². The summed E-state index contributed by atoms with van der Waals surface area (Å²) in [6.45, 7) is 5.28. The van der Waals surface area contributed by atoms with Crippen molar-refractivity contribution >= 4 is 0 Å². The van der Waals surface area contributed by atoms with Gasteiger partial charge in [0.1, 0.15) is 0 Å². The van der Waals surface area contributed by atoms with Gasteiger partial charge >= 0.3 is 0 Å². The lowest BCUT2D eigenvalue weighted by molar-refractivity contribution is 0.534. The lowest BCUT2D eigenvalue weighted by Gasteiger charge is -2.11. The first-order chi connectivity index (χ1) is 7.63. The Kier molecular flexibility index (Phi) is 2.98. The van der Waals surface area contributed by atoms with E-state index in [-0.39, 0.29) is 5.92 Å². The molecule has 0 heterocycles. The van der Waals surface area contributed by atoms with Gasteiger partial charge in [-0.3, -0.25) is 0 Å². The molecule has 2 atom stereocenters. The number of rotatable bonds is 4. The van der Waals surface area contributed by atoms with E-state index < -0.39 is 0 Å². The number of nitrogens with zero attached hydrogens (tertiary/aromatic N) is 1. The molecule has 0 amide bonds. The number of nitrogens with one attached hydrogen (secondary N) is 1. The summed E-state index contributed by atoms with van der Waals surface area (Å²) >= 11 is 0. The zero-order valence-electron chi connectivity index (χ0n) is 9.90. The maximum absolute atomic E-state index is 9.15. The smallest absolute Gasteiger partial charge is 0.0837 e. The molecule has 0 aliphatic heterocycles. The summed E-state index contributed by atoms with van der Waals surface area (Å²) < 4.78 is 0. The van der Waals surface area contributed by atoms with Gasteiger partial charge in [0.25, 0.3) is 0 Å². The Labute approximate surface area is 97.3 Å².